The molecule has 0 radical (unpaired) electrons. The molecule has 6 heteroatoms. The Bertz CT molecular complexity index is 284. The number of halogens is 1. The maximum atomic E-state index is 11.7. The molecule has 2 unspecified atom stereocenters. The molecule has 0 bridgehead atoms. The van der Waals surface area contributed by atoms with Gasteiger partial charge in [-0.25, -0.2) is 0 Å². The van der Waals surface area contributed by atoms with Gasteiger partial charge in [0.15, 0.2) is 0 Å². The summed E-state index contributed by atoms with van der Waals surface area (Å²) in [4.78, 5) is 23.1. The van der Waals surface area contributed by atoms with Gasteiger partial charge in [-0.2, -0.15) is 0 Å². The van der Waals surface area contributed by atoms with E-state index in [9.17, 15) is 9.59 Å². The van der Waals surface area contributed by atoms with E-state index in [1.165, 1.54) is 0 Å². The van der Waals surface area contributed by atoms with Crippen LogP contribution in [-0.4, -0.2) is 30.4 Å². The van der Waals surface area contributed by atoms with Crippen molar-refractivity contribution < 1.29 is 9.59 Å². The minimum absolute atomic E-state index is 0. The highest BCUT2D eigenvalue weighted by molar-refractivity contribution is 5.85. The van der Waals surface area contributed by atoms with E-state index in [0.29, 0.717) is 13.0 Å². The van der Waals surface area contributed by atoms with Crippen LogP contribution in [0.1, 0.15) is 39.5 Å². The minimum atomic E-state index is -0.0665. The van der Waals surface area contributed by atoms with Crippen molar-refractivity contribution >= 4 is 24.2 Å². The Kier molecular flexibility index (Phi) is 7.95. The molecule has 0 saturated heterocycles. The van der Waals surface area contributed by atoms with Crippen molar-refractivity contribution in [3.05, 3.63) is 0 Å². The number of carbonyl (C=O) groups is 2. The number of rotatable bonds is 5. The van der Waals surface area contributed by atoms with Crippen LogP contribution in [0.15, 0.2) is 0 Å². The molecule has 0 heterocycles. The highest BCUT2D eigenvalue weighted by atomic mass is 35.5. The van der Waals surface area contributed by atoms with Gasteiger partial charge in [-0.05, 0) is 26.7 Å². The molecule has 4 N–H and O–H groups in total. The molecule has 1 aliphatic rings. The van der Waals surface area contributed by atoms with Crippen LogP contribution < -0.4 is 16.4 Å². The van der Waals surface area contributed by atoms with Crippen LogP contribution in [0.3, 0.4) is 0 Å². The number of carbonyl (C=O) groups excluding carboxylic acids is 2. The van der Waals surface area contributed by atoms with Gasteiger partial charge in [0.25, 0.3) is 0 Å². The minimum Gasteiger partial charge on any atom is -0.355 e. The fourth-order valence-corrected chi connectivity index (χ4v) is 2.14. The smallest absolute Gasteiger partial charge is 0.224 e. The van der Waals surface area contributed by atoms with E-state index in [1.807, 2.05) is 13.8 Å². The lowest BCUT2D eigenvalue weighted by Crippen LogP contribution is -2.40. The van der Waals surface area contributed by atoms with E-state index in [4.69, 9.17) is 5.73 Å². The quantitative estimate of drug-likeness (QED) is 0.687. The first-order valence-corrected chi connectivity index (χ1v) is 6.33. The normalized spacial score (nSPS) is 22.4. The number of nitrogens with one attached hydrogen (secondary N) is 2. The Balaban J connectivity index is 0.00000289. The highest BCUT2D eigenvalue weighted by Crippen LogP contribution is 2.23. The predicted molar refractivity (Wildman–Crippen MR) is 73.5 cm³/mol. The van der Waals surface area contributed by atoms with Gasteiger partial charge in [-0.15, -0.1) is 12.4 Å². The second-order valence-corrected chi connectivity index (χ2v) is 4.96. The third-order valence-corrected chi connectivity index (χ3v) is 3.01. The van der Waals surface area contributed by atoms with E-state index in [2.05, 4.69) is 10.6 Å². The van der Waals surface area contributed by atoms with Gasteiger partial charge in [-0.1, -0.05) is 6.42 Å². The van der Waals surface area contributed by atoms with Gasteiger partial charge in [0.2, 0.25) is 11.8 Å². The molecular weight excluding hydrogens is 254 g/mol. The van der Waals surface area contributed by atoms with Gasteiger partial charge in [-0.3, -0.25) is 9.59 Å². The van der Waals surface area contributed by atoms with Crippen LogP contribution in [0.2, 0.25) is 0 Å². The topological polar surface area (TPSA) is 84.2 Å². The van der Waals surface area contributed by atoms with Crippen molar-refractivity contribution in [2.45, 2.75) is 51.6 Å². The summed E-state index contributed by atoms with van der Waals surface area (Å²) in [5, 5.41) is 5.56. The second-order valence-electron chi connectivity index (χ2n) is 4.96. The van der Waals surface area contributed by atoms with Gasteiger partial charge in [0, 0.05) is 25.0 Å². The Hall–Kier alpha value is -0.810. The summed E-state index contributed by atoms with van der Waals surface area (Å²) in [6.07, 6.45) is 3.13. The average molecular weight is 278 g/mol. The summed E-state index contributed by atoms with van der Waals surface area (Å²) in [5.41, 5.74) is 5.84. The molecule has 0 spiro atoms. The summed E-state index contributed by atoms with van der Waals surface area (Å²) >= 11 is 0. The van der Waals surface area contributed by atoms with Crippen LogP contribution >= 0.6 is 12.4 Å². The first-order chi connectivity index (χ1) is 8.00. The summed E-state index contributed by atoms with van der Waals surface area (Å²) in [5.74, 6) is -0.105. The van der Waals surface area contributed by atoms with Crippen LogP contribution in [0.5, 0.6) is 0 Å². The van der Waals surface area contributed by atoms with Crippen LogP contribution in [0.4, 0.5) is 0 Å². The third-order valence-electron chi connectivity index (χ3n) is 3.01. The first kappa shape index (κ1) is 17.2. The monoisotopic (exact) mass is 277 g/mol. The maximum Gasteiger partial charge on any atom is 0.224 e. The predicted octanol–water partition coefficient (Wildman–Crippen LogP) is 0.566. The molecule has 1 saturated carbocycles. The molecular formula is C12H24ClN3O2. The van der Waals surface area contributed by atoms with Gasteiger partial charge in [0.1, 0.15) is 0 Å². The average Bonchev–Trinajstić information content (AvgIpc) is 2.63. The lowest BCUT2D eigenvalue weighted by molar-refractivity contribution is -0.125. The van der Waals surface area contributed by atoms with Gasteiger partial charge >= 0.3 is 0 Å². The molecule has 18 heavy (non-hydrogen) atoms. The van der Waals surface area contributed by atoms with Crippen molar-refractivity contribution in [2.24, 2.45) is 11.7 Å². The standard InChI is InChI=1S/C12H23N3O2.ClH/c1-8(2)15-11(16)6-7-14-12(17)9-4-3-5-10(9)13;/h8-10H,3-7,13H2,1-2H3,(H,14,17)(H,15,16);1H. The molecule has 2 amide bonds. The zero-order valence-electron chi connectivity index (χ0n) is 11.1. The zero-order valence-corrected chi connectivity index (χ0v) is 11.9. The third kappa shape index (κ3) is 5.69. The first-order valence-electron chi connectivity index (χ1n) is 6.33. The summed E-state index contributed by atoms with van der Waals surface area (Å²) < 4.78 is 0. The summed E-state index contributed by atoms with van der Waals surface area (Å²) in [6, 6.07) is 0.126. The highest BCUT2D eigenvalue weighted by Gasteiger charge is 2.29. The molecule has 1 aliphatic carbocycles. The van der Waals surface area contributed by atoms with E-state index < -0.39 is 0 Å². The molecule has 2 atom stereocenters. The largest absolute Gasteiger partial charge is 0.355 e. The van der Waals surface area contributed by atoms with E-state index >= 15 is 0 Å². The zero-order chi connectivity index (χ0) is 12.8. The van der Waals surface area contributed by atoms with E-state index in [1.54, 1.807) is 0 Å². The fourth-order valence-electron chi connectivity index (χ4n) is 2.14. The SMILES string of the molecule is CC(C)NC(=O)CCNC(=O)C1CCCC1N.Cl. The lowest BCUT2D eigenvalue weighted by atomic mass is 10.0. The van der Waals surface area contributed by atoms with E-state index in [-0.39, 0.29) is 42.2 Å². The summed E-state index contributed by atoms with van der Waals surface area (Å²) in [6.45, 7) is 4.21. The molecule has 5 nitrogen and oxygen atoms in total. The number of hydrogen-bond acceptors (Lipinski definition) is 3. The fraction of sp³-hybridized carbons (Fsp3) is 0.833. The molecule has 106 valence electrons. The number of nitrogens with two attached hydrogens (primary N) is 1. The molecule has 0 aromatic heterocycles. The Morgan fingerprint density at radius 2 is 2.00 bits per heavy atom. The molecule has 0 aromatic carbocycles. The van der Waals surface area contributed by atoms with Gasteiger partial charge in [0.05, 0.1) is 5.92 Å². The number of hydrogen-bond donors (Lipinski definition) is 3. The van der Waals surface area contributed by atoms with Crippen molar-refractivity contribution in [2.75, 3.05) is 6.54 Å². The van der Waals surface area contributed by atoms with Crippen molar-refractivity contribution in [3.63, 3.8) is 0 Å². The molecule has 0 aromatic rings. The van der Waals surface area contributed by atoms with E-state index in [0.717, 1.165) is 19.3 Å². The Morgan fingerprint density at radius 3 is 2.50 bits per heavy atom. The number of amides is 2. The Morgan fingerprint density at radius 1 is 1.33 bits per heavy atom. The molecule has 1 rings (SSSR count). The summed E-state index contributed by atoms with van der Waals surface area (Å²) in [7, 11) is 0. The van der Waals surface area contributed by atoms with Crippen molar-refractivity contribution in [1.29, 1.82) is 0 Å². The molecule has 0 aliphatic heterocycles. The second kappa shape index (κ2) is 8.32. The van der Waals surface area contributed by atoms with Crippen molar-refractivity contribution in [3.8, 4) is 0 Å². The Labute approximate surface area is 115 Å². The lowest BCUT2D eigenvalue weighted by Gasteiger charge is -2.15. The maximum absolute atomic E-state index is 11.7. The van der Waals surface area contributed by atoms with Crippen LogP contribution in [-0.2, 0) is 9.59 Å². The van der Waals surface area contributed by atoms with Gasteiger partial charge < -0.3 is 16.4 Å². The van der Waals surface area contributed by atoms with Crippen LogP contribution in [0, 0.1) is 5.92 Å². The molecule has 1 fully saturated rings. The van der Waals surface area contributed by atoms with Crippen LogP contribution in [0.25, 0.3) is 0 Å². The van der Waals surface area contributed by atoms with Crippen molar-refractivity contribution in [1.82, 2.24) is 10.6 Å².